The van der Waals surface area contributed by atoms with Crippen molar-refractivity contribution in [3.05, 3.63) is 29.3 Å². The quantitative estimate of drug-likeness (QED) is 0.540. The molecule has 0 heterocycles. The molecule has 0 amide bonds. The minimum atomic E-state index is -0.681. The third kappa shape index (κ3) is 4.18. The molecule has 1 aliphatic carbocycles. The van der Waals surface area contributed by atoms with E-state index in [1.54, 1.807) is 6.92 Å². The first-order valence-electron chi connectivity index (χ1n) is 7.84. The number of esters is 1. The van der Waals surface area contributed by atoms with Crippen LogP contribution in [0.15, 0.2) is 12.1 Å². The average molecular weight is 312 g/mol. The van der Waals surface area contributed by atoms with Crippen molar-refractivity contribution < 1.29 is 23.0 Å². The molecule has 0 spiro atoms. The summed E-state index contributed by atoms with van der Waals surface area (Å²) < 4.78 is 38.0. The Hall–Kier alpha value is -1.65. The fourth-order valence-electron chi connectivity index (χ4n) is 2.50. The Labute approximate surface area is 129 Å². The summed E-state index contributed by atoms with van der Waals surface area (Å²) >= 11 is 0. The van der Waals surface area contributed by atoms with E-state index in [4.69, 9.17) is 9.47 Å². The summed E-state index contributed by atoms with van der Waals surface area (Å²) in [6, 6.07) is 2.59. The molecule has 1 saturated carbocycles. The third-order valence-corrected chi connectivity index (χ3v) is 3.81. The summed E-state index contributed by atoms with van der Waals surface area (Å²) in [5, 5.41) is 0. The second-order valence-electron chi connectivity index (χ2n) is 5.65. The van der Waals surface area contributed by atoms with Crippen molar-refractivity contribution >= 4 is 5.97 Å². The molecule has 0 radical (unpaired) electrons. The molecule has 22 heavy (non-hydrogen) atoms. The van der Waals surface area contributed by atoms with Crippen LogP contribution >= 0.6 is 0 Å². The highest BCUT2D eigenvalue weighted by molar-refractivity contribution is 5.75. The predicted molar refractivity (Wildman–Crippen MR) is 78.7 cm³/mol. The van der Waals surface area contributed by atoms with Gasteiger partial charge in [0.1, 0.15) is 0 Å². The largest absolute Gasteiger partial charge is 0.488 e. The molecule has 2 atom stereocenters. The van der Waals surface area contributed by atoms with E-state index in [-0.39, 0.29) is 23.6 Å². The summed E-state index contributed by atoms with van der Waals surface area (Å²) in [7, 11) is 0. The van der Waals surface area contributed by atoms with Gasteiger partial charge in [-0.2, -0.15) is 0 Å². The topological polar surface area (TPSA) is 35.5 Å². The van der Waals surface area contributed by atoms with Crippen molar-refractivity contribution in [3.8, 4) is 5.75 Å². The maximum atomic E-state index is 13.9. The standard InChI is InChI=1S/C17H22F2O3/c1-3-5-6-22-16-14(18)8-11(9-15(16)19)7-12-10-13(12)17(20)21-4-2/h8-9,12-13H,3-7,10H2,1-2H3. The summed E-state index contributed by atoms with van der Waals surface area (Å²) in [5.74, 6) is -1.90. The van der Waals surface area contributed by atoms with E-state index >= 15 is 0 Å². The molecular formula is C17H22F2O3. The van der Waals surface area contributed by atoms with Gasteiger partial charge in [-0.1, -0.05) is 13.3 Å². The van der Waals surface area contributed by atoms with Gasteiger partial charge in [-0.25, -0.2) is 8.78 Å². The Balaban J connectivity index is 1.95. The third-order valence-electron chi connectivity index (χ3n) is 3.81. The number of carbonyl (C=O) groups excluding carboxylic acids is 1. The van der Waals surface area contributed by atoms with Gasteiger partial charge in [0.15, 0.2) is 17.4 Å². The van der Waals surface area contributed by atoms with Gasteiger partial charge in [0.2, 0.25) is 0 Å². The minimum absolute atomic E-state index is 0.115. The normalized spacial score (nSPS) is 19.8. The molecular weight excluding hydrogens is 290 g/mol. The molecule has 122 valence electrons. The summed E-state index contributed by atoms with van der Waals surface area (Å²) in [5.41, 5.74) is 0.551. The number of carbonyl (C=O) groups is 1. The fourth-order valence-corrected chi connectivity index (χ4v) is 2.50. The molecule has 0 bridgehead atoms. The number of ether oxygens (including phenoxy) is 2. The van der Waals surface area contributed by atoms with E-state index < -0.39 is 11.6 Å². The van der Waals surface area contributed by atoms with E-state index in [1.165, 1.54) is 12.1 Å². The number of hydrogen-bond acceptors (Lipinski definition) is 3. The zero-order valence-corrected chi connectivity index (χ0v) is 13.0. The van der Waals surface area contributed by atoms with Gasteiger partial charge >= 0.3 is 5.97 Å². The van der Waals surface area contributed by atoms with Gasteiger partial charge in [0.05, 0.1) is 19.1 Å². The maximum Gasteiger partial charge on any atom is 0.309 e. The van der Waals surface area contributed by atoms with Gasteiger partial charge in [-0.05, 0) is 49.8 Å². The van der Waals surface area contributed by atoms with Crippen LogP contribution in [0.25, 0.3) is 0 Å². The second kappa shape index (κ2) is 7.56. The van der Waals surface area contributed by atoms with E-state index in [9.17, 15) is 13.6 Å². The molecule has 2 unspecified atom stereocenters. The molecule has 0 aliphatic heterocycles. The zero-order valence-electron chi connectivity index (χ0n) is 13.0. The first-order valence-corrected chi connectivity index (χ1v) is 7.84. The lowest BCUT2D eigenvalue weighted by atomic mass is 10.1. The molecule has 1 aliphatic rings. The van der Waals surface area contributed by atoms with Gasteiger partial charge < -0.3 is 9.47 Å². The molecule has 2 rings (SSSR count). The minimum Gasteiger partial charge on any atom is -0.488 e. The molecule has 3 nitrogen and oxygen atoms in total. The van der Waals surface area contributed by atoms with Crippen molar-refractivity contribution in [3.63, 3.8) is 0 Å². The zero-order chi connectivity index (χ0) is 16.1. The Morgan fingerprint density at radius 1 is 1.27 bits per heavy atom. The number of benzene rings is 1. The lowest BCUT2D eigenvalue weighted by Crippen LogP contribution is -2.08. The van der Waals surface area contributed by atoms with Crippen LogP contribution in [-0.2, 0) is 16.0 Å². The lowest BCUT2D eigenvalue weighted by Gasteiger charge is -2.10. The first kappa shape index (κ1) is 16.7. The average Bonchev–Trinajstić information content (AvgIpc) is 3.21. The fraction of sp³-hybridized carbons (Fsp3) is 0.588. The smallest absolute Gasteiger partial charge is 0.309 e. The second-order valence-corrected chi connectivity index (χ2v) is 5.65. The van der Waals surface area contributed by atoms with E-state index in [2.05, 4.69) is 0 Å². The van der Waals surface area contributed by atoms with Crippen molar-refractivity contribution in [2.24, 2.45) is 11.8 Å². The van der Waals surface area contributed by atoms with Crippen molar-refractivity contribution in [1.29, 1.82) is 0 Å². The Kier molecular flexibility index (Phi) is 5.75. The van der Waals surface area contributed by atoms with E-state index in [0.717, 1.165) is 19.3 Å². The van der Waals surface area contributed by atoms with E-state index in [0.29, 0.717) is 25.2 Å². The maximum absolute atomic E-state index is 13.9. The van der Waals surface area contributed by atoms with Crippen LogP contribution in [0.3, 0.4) is 0 Å². The Bertz CT molecular complexity index is 508. The molecule has 0 N–H and O–H groups in total. The molecule has 1 aromatic carbocycles. The highest BCUT2D eigenvalue weighted by Gasteiger charge is 2.43. The van der Waals surface area contributed by atoms with Crippen molar-refractivity contribution in [2.75, 3.05) is 13.2 Å². The summed E-state index contributed by atoms with van der Waals surface area (Å²) in [4.78, 5) is 11.6. The van der Waals surface area contributed by atoms with Crippen LogP contribution in [0.4, 0.5) is 8.78 Å². The van der Waals surface area contributed by atoms with Crippen molar-refractivity contribution in [1.82, 2.24) is 0 Å². The van der Waals surface area contributed by atoms with Crippen LogP contribution in [0.2, 0.25) is 0 Å². The highest BCUT2D eigenvalue weighted by Crippen LogP contribution is 2.42. The van der Waals surface area contributed by atoms with Gasteiger partial charge in [0.25, 0.3) is 0 Å². The van der Waals surface area contributed by atoms with Gasteiger partial charge in [0, 0.05) is 0 Å². The lowest BCUT2D eigenvalue weighted by molar-refractivity contribution is -0.145. The highest BCUT2D eigenvalue weighted by atomic mass is 19.1. The Morgan fingerprint density at radius 3 is 2.55 bits per heavy atom. The molecule has 0 aromatic heterocycles. The summed E-state index contributed by atoms with van der Waals surface area (Å²) in [6.45, 7) is 4.40. The Morgan fingerprint density at radius 2 is 1.95 bits per heavy atom. The molecule has 1 fully saturated rings. The van der Waals surface area contributed by atoms with E-state index in [1.807, 2.05) is 6.92 Å². The number of halogens is 2. The number of hydrogen-bond donors (Lipinski definition) is 0. The van der Waals surface area contributed by atoms with Crippen molar-refractivity contribution in [2.45, 2.75) is 39.5 Å². The van der Waals surface area contributed by atoms with Crippen LogP contribution in [0, 0.1) is 23.5 Å². The van der Waals surface area contributed by atoms with Crippen LogP contribution < -0.4 is 4.74 Å². The molecule has 5 heteroatoms. The number of unbranched alkanes of at least 4 members (excludes halogenated alkanes) is 1. The predicted octanol–water partition coefficient (Wildman–Crippen LogP) is 3.89. The van der Waals surface area contributed by atoms with Crippen LogP contribution in [0.1, 0.15) is 38.7 Å². The first-order chi connectivity index (χ1) is 10.6. The monoisotopic (exact) mass is 312 g/mol. The molecule has 1 aromatic rings. The summed E-state index contributed by atoms with van der Waals surface area (Å²) in [6.07, 6.45) is 2.85. The van der Waals surface area contributed by atoms with Crippen LogP contribution in [0.5, 0.6) is 5.75 Å². The SMILES string of the molecule is CCCCOc1c(F)cc(CC2CC2C(=O)OCC)cc1F. The van der Waals surface area contributed by atoms with Gasteiger partial charge in [-0.3, -0.25) is 4.79 Å². The number of rotatable bonds is 8. The van der Waals surface area contributed by atoms with Gasteiger partial charge in [-0.15, -0.1) is 0 Å². The van der Waals surface area contributed by atoms with Crippen LogP contribution in [-0.4, -0.2) is 19.2 Å². The molecule has 0 saturated heterocycles.